The molecule has 0 fully saturated rings. The Balaban J connectivity index is 2.05. The smallest absolute Gasteiger partial charge is 0.242 e. The lowest BCUT2D eigenvalue weighted by Crippen LogP contribution is -2.27. The Morgan fingerprint density at radius 1 is 1.29 bits per heavy atom. The van der Waals surface area contributed by atoms with Gasteiger partial charge >= 0.3 is 0 Å². The van der Waals surface area contributed by atoms with Crippen molar-refractivity contribution in [2.75, 3.05) is 0 Å². The van der Waals surface area contributed by atoms with Crippen molar-refractivity contribution >= 4 is 10.0 Å². The molecule has 116 valence electrons. The zero-order chi connectivity index (χ0) is 15.5. The third-order valence-electron chi connectivity index (χ3n) is 2.99. The molecule has 0 amide bonds. The second-order valence-corrected chi connectivity index (χ2v) is 6.93. The third kappa shape index (κ3) is 4.16. The highest BCUT2D eigenvalue weighted by Crippen LogP contribution is 2.15. The molecular weight excluding hydrogens is 290 g/mol. The molecule has 2 heterocycles. The van der Waals surface area contributed by atoms with Gasteiger partial charge in [-0.2, -0.15) is 0 Å². The molecule has 0 aliphatic heterocycles. The molecule has 1 atom stereocenters. The fourth-order valence-electron chi connectivity index (χ4n) is 1.86. The first-order valence-electron chi connectivity index (χ1n) is 6.81. The number of hydrogen-bond donors (Lipinski definition) is 4. The average Bonchev–Trinajstić information content (AvgIpc) is 3.07. The van der Waals surface area contributed by atoms with Gasteiger partial charge in [-0.05, 0) is 13.0 Å². The Bertz CT molecular complexity index is 661. The van der Waals surface area contributed by atoms with Crippen LogP contribution in [0.25, 0.3) is 0 Å². The lowest BCUT2D eigenvalue weighted by atomic mass is 10.3. The Morgan fingerprint density at radius 3 is 2.67 bits per heavy atom. The molecule has 2 aromatic rings. The highest BCUT2D eigenvalue weighted by molar-refractivity contribution is 7.89. The van der Waals surface area contributed by atoms with E-state index in [4.69, 9.17) is 0 Å². The van der Waals surface area contributed by atoms with Crippen molar-refractivity contribution < 1.29 is 8.42 Å². The van der Waals surface area contributed by atoms with Crippen LogP contribution < -0.4 is 10.0 Å². The average molecular weight is 311 g/mol. The Kier molecular flexibility index (Phi) is 4.81. The maximum atomic E-state index is 12.3. The highest BCUT2D eigenvalue weighted by atomic mass is 32.2. The first-order valence-corrected chi connectivity index (χ1v) is 8.29. The van der Waals surface area contributed by atoms with Gasteiger partial charge in [0.25, 0.3) is 0 Å². The molecule has 7 nitrogen and oxygen atoms in total. The molecule has 0 aliphatic carbocycles. The van der Waals surface area contributed by atoms with Crippen LogP contribution in [0, 0.1) is 0 Å². The van der Waals surface area contributed by atoms with Crippen molar-refractivity contribution in [3.05, 3.63) is 36.2 Å². The number of H-pyrrole nitrogens is 2. The molecule has 0 aromatic carbocycles. The molecule has 0 bridgehead atoms. The van der Waals surface area contributed by atoms with Gasteiger partial charge in [0.1, 0.15) is 5.82 Å². The number of aromatic amines is 2. The molecule has 0 saturated carbocycles. The number of nitrogens with zero attached hydrogens (tertiary/aromatic N) is 1. The van der Waals surface area contributed by atoms with Crippen molar-refractivity contribution in [1.29, 1.82) is 0 Å². The van der Waals surface area contributed by atoms with E-state index in [0.29, 0.717) is 18.4 Å². The minimum Gasteiger partial charge on any atom is -0.363 e. The van der Waals surface area contributed by atoms with Crippen LogP contribution in [0.1, 0.15) is 38.3 Å². The largest absolute Gasteiger partial charge is 0.363 e. The van der Waals surface area contributed by atoms with E-state index in [2.05, 4.69) is 25.0 Å². The van der Waals surface area contributed by atoms with Gasteiger partial charge in [-0.3, -0.25) is 0 Å². The zero-order valence-corrected chi connectivity index (χ0v) is 13.2. The summed E-state index contributed by atoms with van der Waals surface area (Å²) in [4.78, 5) is 10.1. The second kappa shape index (κ2) is 6.42. The van der Waals surface area contributed by atoms with E-state index in [9.17, 15) is 8.42 Å². The first-order chi connectivity index (χ1) is 9.88. The first kappa shape index (κ1) is 15.7. The normalized spacial score (nSPS) is 13.7. The third-order valence-corrected chi connectivity index (χ3v) is 4.51. The summed E-state index contributed by atoms with van der Waals surface area (Å²) in [7, 11) is -3.57. The van der Waals surface area contributed by atoms with Crippen LogP contribution in [0.2, 0.25) is 0 Å². The summed E-state index contributed by atoms with van der Waals surface area (Å²) in [6, 6.07) is 1.55. The van der Waals surface area contributed by atoms with Crippen LogP contribution in [0.4, 0.5) is 0 Å². The van der Waals surface area contributed by atoms with E-state index < -0.39 is 16.1 Å². The van der Waals surface area contributed by atoms with Gasteiger partial charge in [0.05, 0.1) is 10.9 Å². The summed E-state index contributed by atoms with van der Waals surface area (Å²) >= 11 is 0. The molecule has 8 heteroatoms. The molecule has 0 saturated heterocycles. The molecule has 1 unspecified atom stereocenters. The Labute approximate surface area is 124 Å². The molecule has 2 rings (SSSR count). The minimum atomic E-state index is -3.57. The number of rotatable bonds is 7. The summed E-state index contributed by atoms with van der Waals surface area (Å²) < 4.78 is 27.2. The SMILES string of the molecule is CC(C)NCc1cc(S(=O)(=O)NC(C)c2ncc[nH]2)c[nH]1. The van der Waals surface area contributed by atoms with Crippen LogP contribution in [-0.2, 0) is 16.6 Å². The fourth-order valence-corrected chi connectivity index (χ4v) is 3.09. The lowest BCUT2D eigenvalue weighted by Gasteiger charge is -2.10. The summed E-state index contributed by atoms with van der Waals surface area (Å²) in [5.74, 6) is 0.579. The van der Waals surface area contributed by atoms with Gasteiger partial charge in [0.15, 0.2) is 0 Å². The van der Waals surface area contributed by atoms with Crippen LogP contribution in [0.3, 0.4) is 0 Å². The number of nitrogens with one attached hydrogen (secondary N) is 4. The Hall–Kier alpha value is -1.64. The molecule has 4 N–H and O–H groups in total. The lowest BCUT2D eigenvalue weighted by molar-refractivity contribution is 0.561. The fraction of sp³-hybridized carbons (Fsp3) is 0.462. The molecule has 0 radical (unpaired) electrons. The summed E-state index contributed by atoms with van der Waals surface area (Å²) in [5, 5.41) is 3.23. The summed E-state index contributed by atoms with van der Waals surface area (Å²) in [6.45, 7) is 6.41. The van der Waals surface area contributed by atoms with E-state index in [1.54, 1.807) is 25.4 Å². The Morgan fingerprint density at radius 2 is 2.05 bits per heavy atom. The van der Waals surface area contributed by atoms with E-state index in [1.807, 2.05) is 13.8 Å². The molecular formula is C13H21N5O2S. The number of aromatic nitrogens is 3. The predicted octanol–water partition coefficient (Wildman–Crippen LogP) is 1.28. The van der Waals surface area contributed by atoms with Gasteiger partial charge in [0.2, 0.25) is 10.0 Å². The van der Waals surface area contributed by atoms with Crippen molar-refractivity contribution in [3.63, 3.8) is 0 Å². The van der Waals surface area contributed by atoms with Gasteiger partial charge in [-0.15, -0.1) is 0 Å². The number of imidazole rings is 1. The van der Waals surface area contributed by atoms with Gasteiger partial charge < -0.3 is 15.3 Å². The van der Waals surface area contributed by atoms with Gasteiger partial charge in [-0.25, -0.2) is 18.1 Å². The van der Waals surface area contributed by atoms with E-state index in [0.717, 1.165) is 5.69 Å². The van der Waals surface area contributed by atoms with Crippen molar-refractivity contribution in [2.24, 2.45) is 0 Å². The standard InChI is InChI=1S/C13H21N5O2S/c1-9(2)16-7-11-6-12(8-17-11)21(19,20)18-10(3)13-14-4-5-15-13/h4-6,8-10,16-18H,7H2,1-3H3,(H,14,15). The van der Waals surface area contributed by atoms with E-state index in [-0.39, 0.29) is 4.90 Å². The number of hydrogen-bond acceptors (Lipinski definition) is 4. The quantitative estimate of drug-likeness (QED) is 0.618. The molecule has 0 spiro atoms. The van der Waals surface area contributed by atoms with E-state index >= 15 is 0 Å². The van der Waals surface area contributed by atoms with E-state index in [1.165, 1.54) is 6.20 Å². The summed E-state index contributed by atoms with van der Waals surface area (Å²) in [5.41, 5.74) is 0.828. The maximum absolute atomic E-state index is 12.3. The van der Waals surface area contributed by atoms with Crippen molar-refractivity contribution in [2.45, 2.75) is 44.3 Å². The second-order valence-electron chi connectivity index (χ2n) is 5.21. The predicted molar refractivity (Wildman–Crippen MR) is 80.1 cm³/mol. The zero-order valence-electron chi connectivity index (χ0n) is 12.3. The van der Waals surface area contributed by atoms with Crippen molar-refractivity contribution in [3.8, 4) is 0 Å². The van der Waals surface area contributed by atoms with Crippen LogP contribution in [-0.4, -0.2) is 29.4 Å². The molecule has 21 heavy (non-hydrogen) atoms. The summed E-state index contributed by atoms with van der Waals surface area (Å²) in [6.07, 6.45) is 4.74. The topological polar surface area (TPSA) is 103 Å². The van der Waals surface area contributed by atoms with Gasteiger partial charge in [-0.1, -0.05) is 13.8 Å². The molecule has 2 aromatic heterocycles. The van der Waals surface area contributed by atoms with Gasteiger partial charge in [0, 0.05) is 36.9 Å². The maximum Gasteiger partial charge on any atom is 0.242 e. The van der Waals surface area contributed by atoms with Crippen LogP contribution >= 0.6 is 0 Å². The number of sulfonamides is 1. The molecule has 0 aliphatic rings. The minimum absolute atomic E-state index is 0.224. The van der Waals surface area contributed by atoms with Crippen LogP contribution in [0.15, 0.2) is 29.6 Å². The monoisotopic (exact) mass is 311 g/mol. The highest BCUT2D eigenvalue weighted by Gasteiger charge is 2.20. The van der Waals surface area contributed by atoms with Crippen LogP contribution in [0.5, 0.6) is 0 Å². The van der Waals surface area contributed by atoms with Crippen molar-refractivity contribution in [1.82, 2.24) is 25.0 Å².